The molecular formula is C31H60O5. The lowest BCUT2D eigenvalue weighted by Crippen LogP contribution is -2.25. The van der Waals surface area contributed by atoms with E-state index in [-0.39, 0.29) is 25.2 Å². The molecule has 36 heavy (non-hydrogen) atoms. The Morgan fingerprint density at radius 1 is 0.472 bits per heavy atom. The third-order valence-electron chi connectivity index (χ3n) is 6.84. The number of aliphatic hydroxyl groups is 1. The Morgan fingerprint density at radius 3 is 1.00 bits per heavy atom. The molecule has 0 heterocycles. The van der Waals surface area contributed by atoms with Gasteiger partial charge in [0.25, 0.3) is 0 Å². The Bertz CT molecular complexity index is 480. The molecular weight excluding hydrogens is 452 g/mol. The Balaban J connectivity index is 3.38. The molecule has 0 saturated carbocycles. The summed E-state index contributed by atoms with van der Waals surface area (Å²) in [6.45, 7) is 4.25. The molecule has 5 heteroatoms. The van der Waals surface area contributed by atoms with Gasteiger partial charge in [0.1, 0.15) is 19.3 Å². The highest BCUT2D eigenvalue weighted by Gasteiger charge is 2.12. The molecule has 0 fully saturated rings. The molecule has 0 aromatic heterocycles. The molecule has 1 atom stereocenters. The fraction of sp³-hybridized carbons (Fsp3) is 0.935. The third-order valence-corrected chi connectivity index (χ3v) is 6.84. The second-order valence-corrected chi connectivity index (χ2v) is 10.6. The van der Waals surface area contributed by atoms with E-state index in [1.807, 2.05) is 0 Å². The largest absolute Gasteiger partial charge is 0.463 e. The number of carbonyl (C=O) groups excluding carboxylic acids is 2. The summed E-state index contributed by atoms with van der Waals surface area (Å²) in [5, 5.41) is 9.89. The first-order valence-corrected chi connectivity index (χ1v) is 15.6. The Labute approximate surface area is 223 Å². The van der Waals surface area contributed by atoms with E-state index in [4.69, 9.17) is 9.47 Å². The zero-order valence-electron chi connectivity index (χ0n) is 24.0. The normalized spacial score (nSPS) is 12.0. The predicted octanol–water partition coefficient (Wildman–Crippen LogP) is 8.84. The van der Waals surface area contributed by atoms with Crippen LogP contribution >= 0.6 is 0 Å². The second-order valence-electron chi connectivity index (χ2n) is 10.6. The van der Waals surface area contributed by atoms with Gasteiger partial charge in [0.15, 0.2) is 0 Å². The van der Waals surface area contributed by atoms with Crippen LogP contribution in [0.3, 0.4) is 0 Å². The van der Waals surface area contributed by atoms with E-state index >= 15 is 0 Å². The van der Waals surface area contributed by atoms with Gasteiger partial charge in [-0.1, -0.05) is 142 Å². The van der Waals surface area contributed by atoms with Crippen molar-refractivity contribution >= 4 is 11.9 Å². The Hall–Kier alpha value is -1.10. The van der Waals surface area contributed by atoms with Crippen molar-refractivity contribution < 1.29 is 24.2 Å². The zero-order valence-corrected chi connectivity index (χ0v) is 24.0. The van der Waals surface area contributed by atoms with E-state index in [1.165, 1.54) is 109 Å². The average Bonchev–Trinajstić information content (AvgIpc) is 2.88. The first-order valence-electron chi connectivity index (χ1n) is 15.6. The van der Waals surface area contributed by atoms with E-state index in [2.05, 4.69) is 13.8 Å². The zero-order chi connectivity index (χ0) is 26.5. The lowest BCUT2D eigenvalue weighted by Gasteiger charge is -2.12. The standard InChI is InChI=1S/C31H60O5/c1-3-5-7-9-11-12-13-14-15-16-17-18-20-22-24-26-31(34)36-28-29(32)27-35-30(33)25-23-21-19-10-8-6-4-2/h29,32H,3-28H2,1-2H3/t29-/m0/s1. The monoisotopic (exact) mass is 512 g/mol. The van der Waals surface area contributed by atoms with E-state index in [1.54, 1.807) is 0 Å². The van der Waals surface area contributed by atoms with Gasteiger partial charge in [-0.25, -0.2) is 0 Å². The summed E-state index contributed by atoms with van der Waals surface area (Å²) < 4.78 is 10.2. The summed E-state index contributed by atoms with van der Waals surface area (Å²) in [5.41, 5.74) is 0. The van der Waals surface area contributed by atoms with Gasteiger partial charge in [-0.2, -0.15) is 0 Å². The fourth-order valence-electron chi connectivity index (χ4n) is 4.44. The van der Waals surface area contributed by atoms with E-state index in [9.17, 15) is 14.7 Å². The fourth-order valence-corrected chi connectivity index (χ4v) is 4.44. The average molecular weight is 513 g/mol. The SMILES string of the molecule is CCCCCCCCCCCCCCCCCC(=O)OC[C@@H](O)COC(=O)CCCCCCCCC. The van der Waals surface area contributed by atoms with E-state index in [0.717, 1.165) is 32.1 Å². The van der Waals surface area contributed by atoms with Crippen molar-refractivity contribution in [2.45, 2.75) is 174 Å². The minimum atomic E-state index is -0.951. The molecule has 5 nitrogen and oxygen atoms in total. The van der Waals surface area contributed by atoms with Gasteiger partial charge in [0.05, 0.1) is 0 Å². The third kappa shape index (κ3) is 27.5. The number of esters is 2. The number of carbonyl (C=O) groups is 2. The number of rotatable bonds is 28. The number of aliphatic hydroxyl groups excluding tert-OH is 1. The smallest absolute Gasteiger partial charge is 0.305 e. The quantitative estimate of drug-likeness (QED) is 0.0837. The van der Waals surface area contributed by atoms with Crippen LogP contribution in [0.25, 0.3) is 0 Å². The molecule has 0 radical (unpaired) electrons. The summed E-state index contributed by atoms with van der Waals surface area (Å²) in [5.74, 6) is -0.565. The van der Waals surface area contributed by atoms with E-state index < -0.39 is 6.10 Å². The summed E-state index contributed by atoms with van der Waals surface area (Å²) in [7, 11) is 0. The van der Waals surface area contributed by atoms with Gasteiger partial charge in [0.2, 0.25) is 0 Å². The van der Waals surface area contributed by atoms with Crippen LogP contribution in [0, 0.1) is 0 Å². The second kappa shape index (κ2) is 28.5. The number of ether oxygens (including phenoxy) is 2. The van der Waals surface area contributed by atoms with Crippen molar-refractivity contribution in [2.75, 3.05) is 13.2 Å². The molecule has 0 spiro atoms. The maximum atomic E-state index is 11.8. The minimum absolute atomic E-state index is 0.109. The van der Waals surface area contributed by atoms with Gasteiger partial charge in [-0.15, -0.1) is 0 Å². The lowest BCUT2D eigenvalue weighted by atomic mass is 10.0. The molecule has 0 aliphatic heterocycles. The Kier molecular flexibility index (Phi) is 27.6. The molecule has 0 aliphatic carbocycles. The number of unbranched alkanes of at least 4 members (excludes halogenated alkanes) is 20. The van der Waals surface area contributed by atoms with Crippen molar-refractivity contribution in [1.29, 1.82) is 0 Å². The van der Waals surface area contributed by atoms with Gasteiger partial charge < -0.3 is 14.6 Å². The molecule has 0 aliphatic rings. The van der Waals surface area contributed by atoms with Crippen LogP contribution in [0.1, 0.15) is 168 Å². The van der Waals surface area contributed by atoms with Crippen LogP contribution in [-0.2, 0) is 19.1 Å². The summed E-state index contributed by atoms with van der Waals surface area (Å²) in [4.78, 5) is 23.6. The van der Waals surface area contributed by atoms with Crippen molar-refractivity contribution in [3.8, 4) is 0 Å². The van der Waals surface area contributed by atoms with Crippen LogP contribution in [0.5, 0.6) is 0 Å². The van der Waals surface area contributed by atoms with Crippen LogP contribution in [0.4, 0.5) is 0 Å². The highest BCUT2D eigenvalue weighted by Crippen LogP contribution is 2.14. The summed E-state index contributed by atoms with van der Waals surface area (Å²) in [6, 6.07) is 0. The van der Waals surface area contributed by atoms with Crippen molar-refractivity contribution in [2.24, 2.45) is 0 Å². The molecule has 0 unspecified atom stereocenters. The van der Waals surface area contributed by atoms with Gasteiger partial charge in [0, 0.05) is 12.8 Å². The maximum Gasteiger partial charge on any atom is 0.305 e. The first-order chi connectivity index (χ1) is 17.6. The Morgan fingerprint density at radius 2 is 0.722 bits per heavy atom. The van der Waals surface area contributed by atoms with Crippen LogP contribution in [0.2, 0.25) is 0 Å². The molecule has 0 rings (SSSR count). The molecule has 1 N–H and O–H groups in total. The van der Waals surface area contributed by atoms with Crippen LogP contribution in [0.15, 0.2) is 0 Å². The first kappa shape index (κ1) is 34.9. The van der Waals surface area contributed by atoms with Crippen molar-refractivity contribution in [3.05, 3.63) is 0 Å². The van der Waals surface area contributed by atoms with Gasteiger partial charge in [-0.05, 0) is 12.8 Å². The highest BCUT2D eigenvalue weighted by atomic mass is 16.6. The van der Waals surface area contributed by atoms with Crippen LogP contribution < -0.4 is 0 Å². The molecule has 0 aromatic carbocycles. The van der Waals surface area contributed by atoms with Gasteiger partial charge in [-0.3, -0.25) is 9.59 Å². The molecule has 0 bridgehead atoms. The molecule has 214 valence electrons. The topological polar surface area (TPSA) is 72.8 Å². The highest BCUT2D eigenvalue weighted by molar-refractivity contribution is 5.69. The maximum absolute atomic E-state index is 11.8. The lowest BCUT2D eigenvalue weighted by molar-refractivity contribution is -0.152. The van der Waals surface area contributed by atoms with Crippen molar-refractivity contribution in [3.63, 3.8) is 0 Å². The molecule has 0 aromatic rings. The number of hydrogen-bond donors (Lipinski definition) is 1. The van der Waals surface area contributed by atoms with Gasteiger partial charge >= 0.3 is 11.9 Å². The molecule has 0 amide bonds. The predicted molar refractivity (Wildman–Crippen MR) is 150 cm³/mol. The summed E-state index contributed by atoms with van der Waals surface area (Å²) in [6.07, 6.45) is 27.3. The van der Waals surface area contributed by atoms with Crippen LogP contribution in [-0.4, -0.2) is 36.4 Å². The van der Waals surface area contributed by atoms with E-state index in [0.29, 0.717) is 12.8 Å². The molecule has 0 saturated heterocycles. The van der Waals surface area contributed by atoms with Crippen molar-refractivity contribution in [1.82, 2.24) is 0 Å². The number of hydrogen-bond acceptors (Lipinski definition) is 5. The minimum Gasteiger partial charge on any atom is -0.463 e. The summed E-state index contributed by atoms with van der Waals surface area (Å²) >= 11 is 0.